The molecule has 1 aliphatic rings. The fourth-order valence-electron chi connectivity index (χ4n) is 3.03. The van der Waals surface area contributed by atoms with Gasteiger partial charge in [0.2, 0.25) is 5.82 Å². The van der Waals surface area contributed by atoms with Crippen LogP contribution in [0.5, 0.6) is 0 Å². The first kappa shape index (κ1) is 17.0. The summed E-state index contributed by atoms with van der Waals surface area (Å²) < 4.78 is 32.4. The maximum atomic E-state index is 12.9. The number of anilines is 1. The van der Waals surface area contributed by atoms with Crippen molar-refractivity contribution in [3.05, 3.63) is 18.0 Å². The van der Waals surface area contributed by atoms with E-state index >= 15 is 0 Å². The molecule has 0 aliphatic heterocycles. The summed E-state index contributed by atoms with van der Waals surface area (Å²) in [6.45, 7) is 6.66. The second-order valence-electron chi connectivity index (χ2n) is 6.60. The van der Waals surface area contributed by atoms with Crippen LogP contribution >= 0.6 is 0 Å². The van der Waals surface area contributed by atoms with Gasteiger partial charge in [-0.1, -0.05) is 13.8 Å². The average Bonchev–Trinajstić information content (AvgIpc) is 2.96. The van der Waals surface area contributed by atoms with E-state index in [1.807, 2.05) is 20.8 Å². The van der Waals surface area contributed by atoms with Gasteiger partial charge in [0.15, 0.2) is 5.65 Å². The molecule has 3 rings (SSSR count). The lowest BCUT2D eigenvalue weighted by Crippen LogP contribution is -2.67. The van der Waals surface area contributed by atoms with Gasteiger partial charge in [0, 0.05) is 25.0 Å². The van der Waals surface area contributed by atoms with Crippen molar-refractivity contribution in [1.29, 1.82) is 0 Å². The van der Waals surface area contributed by atoms with Gasteiger partial charge in [-0.05, 0) is 19.1 Å². The molecule has 2 N–H and O–H groups in total. The number of aliphatic hydroxyl groups is 1. The number of rotatable bonds is 6. The molecule has 0 amide bonds. The van der Waals surface area contributed by atoms with Crippen LogP contribution in [0.15, 0.2) is 12.1 Å². The molecule has 2 heterocycles. The summed E-state index contributed by atoms with van der Waals surface area (Å²) in [6, 6.07) is 3.17. The highest BCUT2D eigenvalue weighted by atomic mass is 19.3. The van der Waals surface area contributed by atoms with Crippen LogP contribution in [0.1, 0.15) is 39.4 Å². The van der Waals surface area contributed by atoms with Crippen LogP contribution in [0.3, 0.4) is 0 Å². The molecule has 9 heteroatoms. The molecule has 24 heavy (non-hydrogen) atoms. The van der Waals surface area contributed by atoms with Crippen LogP contribution in [-0.4, -0.2) is 49.8 Å². The summed E-state index contributed by atoms with van der Waals surface area (Å²) in [6.07, 6.45) is -2.25. The first-order chi connectivity index (χ1) is 11.3. The lowest BCUT2D eigenvalue weighted by Gasteiger charge is -2.58. The third kappa shape index (κ3) is 2.61. The van der Waals surface area contributed by atoms with Gasteiger partial charge in [-0.2, -0.15) is 4.52 Å². The summed E-state index contributed by atoms with van der Waals surface area (Å²) in [5, 5.41) is 25.0. The Bertz CT molecular complexity index is 736. The predicted octanol–water partition coefficient (Wildman–Crippen LogP) is 2.04. The van der Waals surface area contributed by atoms with E-state index in [2.05, 4.69) is 20.6 Å². The molecule has 132 valence electrons. The molecule has 2 aromatic heterocycles. The number of halogens is 2. The van der Waals surface area contributed by atoms with E-state index in [4.69, 9.17) is 4.74 Å². The van der Waals surface area contributed by atoms with Crippen molar-refractivity contribution in [2.75, 3.05) is 18.5 Å². The third-order valence-corrected chi connectivity index (χ3v) is 4.94. The molecule has 1 fully saturated rings. The van der Waals surface area contributed by atoms with Crippen molar-refractivity contribution in [2.45, 2.75) is 45.3 Å². The zero-order valence-electron chi connectivity index (χ0n) is 13.8. The maximum Gasteiger partial charge on any atom is 0.299 e. The Morgan fingerprint density at radius 2 is 2.17 bits per heavy atom. The molecular weight excluding hydrogens is 320 g/mol. The lowest BCUT2D eigenvalue weighted by atomic mass is 9.56. The standard InChI is InChI=1S/C15H21F2N5O2/c1-4-24-9-7-15(23,14(9,2)3)8-18-10-5-6-11-19-20-13(12(16)17)22(11)21-10/h5-6,9,12,23H,4,7-8H2,1-3H3,(H,18,21). The molecule has 0 saturated heterocycles. The topological polar surface area (TPSA) is 84.6 Å². The first-order valence-corrected chi connectivity index (χ1v) is 7.87. The molecule has 0 aromatic carbocycles. The highest BCUT2D eigenvalue weighted by Gasteiger charge is 2.59. The molecule has 0 radical (unpaired) electrons. The van der Waals surface area contributed by atoms with Gasteiger partial charge in [-0.3, -0.25) is 0 Å². The van der Waals surface area contributed by atoms with Crippen molar-refractivity contribution in [3.63, 3.8) is 0 Å². The molecule has 0 spiro atoms. The highest BCUT2D eigenvalue weighted by molar-refractivity contribution is 5.44. The Morgan fingerprint density at radius 3 is 2.79 bits per heavy atom. The Hall–Kier alpha value is -1.87. The normalized spacial score (nSPS) is 25.9. The quantitative estimate of drug-likeness (QED) is 0.836. The molecule has 1 saturated carbocycles. The van der Waals surface area contributed by atoms with Gasteiger partial charge >= 0.3 is 0 Å². The first-order valence-electron chi connectivity index (χ1n) is 7.87. The van der Waals surface area contributed by atoms with Crippen LogP contribution in [0, 0.1) is 5.41 Å². The van der Waals surface area contributed by atoms with Gasteiger partial charge in [0.25, 0.3) is 6.43 Å². The number of hydrogen-bond donors (Lipinski definition) is 2. The summed E-state index contributed by atoms with van der Waals surface area (Å²) in [4.78, 5) is 0. The summed E-state index contributed by atoms with van der Waals surface area (Å²) >= 11 is 0. The van der Waals surface area contributed by atoms with Gasteiger partial charge in [-0.15, -0.1) is 15.3 Å². The Balaban J connectivity index is 1.73. The number of ether oxygens (including phenoxy) is 1. The SMILES string of the molecule is CCOC1CC(O)(CNc2ccc3nnc(C(F)F)n3n2)C1(C)C. The predicted molar refractivity (Wildman–Crippen MR) is 83.0 cm³/mol. The second kappa shape index (κ2) is 5.89. The number of aromatic nitrogens is 4. The summed E-state index contributed by atoms with van der Waals surface area (Å²) in [5.74, 6) is -0.138. The Labute approximate surface area is 138 Å². The molecule has 0 bridgehead atoms. The van der Waals surface area contributed by atoms with Gasteiger partial charge in [0.1, 0.15) is 5.82 Å². The minimum Gasteiger partial charge on any atom is -0.387 e. The molecule has 2 aromatic rings. The van der Waals surface area contributed by atoms with E-state index in [0.29, 0.717) is 18.8 Å². The maximum absolute atomic E-state index is 12.9. The van der Waals surface area contributed by atoms with Crippen molar-refractivity contribution < 1.29 is 18.6 Å². The minimum absolute atomic E-state index is 0.00646. The Morgan fingerprint density at radius 1 is 1.42 bits per heavy atom. The number of nitrogens with zero attached hydrogens (tertiary/aromatic N) is 4. The van der Waals surface area contributed by atoms with Crippen LogP contribution in [0.25, 0.3) is 5.65 Å². The number of nitrogens with one attached hydrogen (secondary N) is 1. The second-order valence-corrected chi connectivity index (χ2v) is 6.60. The lowest BCUT2D eigenvalue weighted by molar-refractivity contribution is -0.233. The van der Waals surface area contributed by atoms with E-state index in [9.17, 15) is 13.9 Å². The summed E-state index contributed by atoms with van der Waals surface area (Å²) in [7, 11) is 0. The molecule has 7 nitrogen and oxygen atoms in total. The Kier molecular flexibility index (Phi) is 4.16. The monoisotopic (exact) mass is 341 g/mol. The summed E-state index contributed by atoms with van der Waals surface area (Å²) in [5.41, 5.74) is -1.12. The van der Waals surface area contributed by atoms with Crippen molar-refractivity contribution in [1.82, 2.24) is 19.8 Å². The number of fused-ring (bicyclic) bond motifs is 1. The molecule has 2 unspecified atom stereocenters. The van der Waals surface area contributed by atoms with E-state index in [0.717, 1.165) is 4.52 Å². The molecule has 2 atom stereocenters. The largest absolute Gasteiger partial charge is 0.387 e. The van der Waals surface area contributed by atoms with Gasteiger partial charge in [0.05, 0.1) is 11.7 Å². The van der Waals surface area contributed by atoms with E-state index in [1.165, 1.54) is 0 Å². The molecule has 1 aliphatic carbocycles. The van der Waals surface area contributed by atoms with Crippen molar-refractivity contribution in [2.24, 2.45) is 5.41 Å². The van der Waals surface area contributed by atoms with Crippen LogP contribution in [0.4, 0.5) is 14.6 Å². The van der Waals surface area contributed by atoms with Crippen molar-refractivity contribution >= 4 is 11.5 Å². The molecular formula is C15H21F2N5O2. The smallest absolute Gasteiger partial charge is 0.299 e. The zero-order valence-corrected chi connectivity index (χ0v) is 13.8. The fraction of sp³-hybridized carbons (Fsp3) is 0.667. The van der Waals surface area contributed by atoms with Crippen LogP contribution in [-0.2, 0) is 4.74 Å². The minimum atomic E-state index is -2.76. The number of alkyl halides is 2. The van der Waals surface area contributed by atoms with Crippen molar-refractivity contribution in [3.8, 4) is 0 Å². The third-order valence-electron chi connectivity index (χ3n) is 4.94. The van der Waals surface area contributed by atoms with Crippen LogP contribution < -0.4 is 5.32 Å². The van der Waals surface area contributed by atoms with Crippen LogP contribution in [0.2, 0.25) is 0 Å². The fourth-order valence-corrected chi connectivity index (χ4v) is 3.03. The van der Waals surface area contributed by atoms with E-state index in [1.54, 1.807) is 12.1 Å². The number of hydrogen-bond acceptors (Lipinski definition) is 6. The van der Waals surface area contributed by atoms with Gasteiger partial charge in [-0.25, -0.2) is 8.78 Å². The highest BCUT2D eigenvalue weighted by Crippen LogP contribution is 2.51. The average molecular weight is 341 g/mol. The van der Waals surface area contributed by atoms with E-state index in [-0.39, 0.29) is 18.3 Å². The zero-order chi connectivity index (χ0) is 17.5. The van der Waals surface area contributed by atoms with E-state index < -0.39 is 23.3 Å². The van der Waals surface area contributed by atoms with Gasteiger partial charge < -0.3 is 15.2 Å².